The molecular weight excluding hydrogens is 328 g/mol. The molecule has 1 aliphatic rings. The Kier molecular flexibility index (Phi) is 5.07. The zero-order valence-electron chi connectivity index (χ0n) is 13.5. The number of nitrogens with zero attached hydrogens (tertiary/aromatic N) is 1. The number of hydrogen-bond donors (Lipinski definition) is 0. The lowest BCUT2D eigenvalue weighted by atomic mass is 10.1. The Morgan fingerprint density at radius 2 is 1.68 bits per heavy atom. The van der Waals surface area contributed by atoms with E-state index in [9.17, 15) is 18.4 Å². The summed E-state index contributed by atoms with van der Waals surface area (Å²) in [6, 6.07) is 11.2. The maximum atomic E-state index is 13.8. The molecule has 1 heterocycles. The topological polar surface area (TPSA) is 46.6 Å². The quantitative estimate of drug-likeness (QED) is 0.797. The van der Waals surface area contributed by atoms with E-state index < -0.39 is 29.3 Å². The first kappa shape index (κ1) is 17.1. The van der Waals surface area contributed by atoms with Crippen LogP contribution in [-0.2, 0) is 9.53 Å². The molecule has 1 aliphatic heterocycles. The number of carbonyl (C=O) groups excluding carboxylic acids is 2. The summed E-state index contributed by atoms with van der Waals surface area (Å²) in [7, 11) is 0. The van der Waals surface area contributed by atoms with Crippen LogP contribution < -0.4 is 0 Å². The molecule has 130 valence electrons. The van der Waals surface area contributed by atoms with E-state index in [4.69, 9.17) is 4.74 Å². The Morgan fingerprint density at radius 3 is 2.32 bits per heavy atom. The predicted molar refractivity (Wildman–Crippen MR) is 86.8 cm³/mol. The zero-order chi connectivity index (χ0) is 17.8. The van der Waals surface area contributed by atoms with Gasteiger partial charge < -0.3 is 9.64 Å². The molecule has 0 unspecified atom stereocenters. The molecule has 3 rings (SSSR count). The molecule has 2 aromatic carbocycles. The highest BCUT2D eigenvalue weighted by atomic mass is 19.1. The number of benzene rings is 2. The SMILES string of the molecule is O=C(O[C@H](C(=O)N1CCCC1)c1ccccc1)c1ccc(F)cc1F. The van der Waals surface area contributed by atoms with Gasteiger partial charge in [-0.05, 0) is 25.0 Å². The van der Waals surface area contributed by atoms with E-state index in [2.05, 4.69) is 0 Å². The van der Waals surface area contributed by atoms with Gasteiger partial charge in [-0.2, -0.15) is 0 Å². The van der Waals surface area contributed by atoms with Gasteiger partial charge in [0.25, 0.3) is 5.91 Å². The molecule has 0 spiro atoms. The van der Waals surface area contributed by atoms with Crippen LogP contribution in [0, 0.1) is 11.6 Å². The lowest BCUT2D eigenvalue weighted by molar-refractivity contribution is -0.140. The Labute approximate surface area is 144 Å². The van der Waals surface area contributed by atoms with Crippen molar-refractivity contribution in [1.29, 1.82) is 0 Å². The molecule has 6 heteroatoms. The lowest BCUT2D eigenvalue weighted by Gasteiger charge is -2.23. The maximum Gasteiger partial charge on any atom is 0.342 e. The van der Waals surface area contributed by atoms with Crippen molar-refractivity contribution in [3.8, 4) is 0 Å². The highest BCUT2D eigenvalue weighted by molar-refractivity contribution is 5.93. The molecule has 4 nitrogen and oxygen atoms in total. The number of ether oxygens (including phenoxy) is 1. The molecule has 1 atom stereocenters. The number of amides is 1. The molecule has 25 heavy (non-hydrogen) atoms. The van der Waals surface area contributed by atoms with Crippen molar-refractivity contribution < 1.29 is 23.1 Å². The Morgan fingerprint density at radius 1 is 1.00 bits per heavy atom. The summed E-state index contributed by atoms with van der Waals surface area (Å²) in [6.07, 6.45) is 0.637. The van der Waals surface area contributed by atoms with Gasteiger partial charge in [0.15, 0.2) is 0 Å². The first-order valence-electron chi connectivity index (χ1n) is 8.06. The molecule has 0 aromatic heterocycles. The Bertz CT molecular complexity index is 773. The third kappa shape index (κ3) is 3.84. The van der Waals surface area contributed by atoms with E-state index >= 15 is 0 Å². The van der Waals surface area contributed by atoms with Crippen molar-refractivity contribution in [3.63, 3.8) is 0 Å². The standard InChI is InChI=1S/C19H17F2NO3/c20-14-8-9-15(16(21)12-14)19(24)25-17(13-6-2-1-3-7-13)18(23)22-10-4-5-11-22/h1-3,6-9,12,17H,4-5,10-11H2/t17-/m0/s1. The Balaban J connectivity index is 1.86. The monoisotopic (exact) mass is 345 g/mol. The van der Waals surface area contributed by atoms with Gasteiger partial charge in [0.2, 0.25) is 6.10 Å². The van der Waals surface area contributed by atoms with Crippen LogP contribution in [0.5, 0.6) is 0 Å². The molecule has 0 aliphatic carbocycles. The minimum Gasteiger partial charge on any atom is -0.444 e. The van der Waals surface area contributed by atoms with Crippen LogP contribution in [0.3, 0.4) is 0 Å². The summed E-state index contributed by atoms with van der Waals surface area (Å²) in [4.78, 5) is 26.7. The summed E-state index contributed by atoms with van der Waals surface area (Å²) >= 11 is 0. The maximum absolute atomic E-state index is 13.8. The van der Waals surface area contributed by atoms with E-state index in [1.54, 1.807) is 35.2 Å². The number of hydrogen-bond acceptors (Lipinski definition) is 3. The van der Waals surface area contributed by atoms with Crippen molar-refractivity contribution in [2.24, 2.45) is 0 Å². The van der Waals surface area contributed by atoms with E-state index in [0.29, 0.717) is 24.7 Å². The second-order valence-corrected chi connectivity index (χ2v) is 5.85. The first-order chi connectivity index (χ1) is 12.1. The van der Waals surface area contributed by atoms with Crippen LogP contribution in [0.4, 0.5) is 8.78 Å². The summed E-state index contributed by atoms with van der Waals surface area (Å²) in [5, 5.41) is 0. The zero-order valence-corrected chi connectivity index (χ0v) is 13.5. The van der Waals surface area contributed by atoms with E-state index in [0.717, 1.165) is 25.0 Å². The van der Waals surface area contributed by atoms with Crippen molar-refractivity contribution in [2.45, 2.75) is 18.9 Å². The fourth-order valence-corrected chi connectivity index (χ4v) is 2.82. The summed E-state index contributed by atoms with van der Waals surface area (Å²) < 4.78 is 32.2. The molecule has 1 saturated heterocycles. The summed E-state index contributed by atoms with van der Waals surface area (Å²) in [5.74, 6) is -3.15. The van der Waals surface area contributed by atoms with E-state index in [1.807, 2.05) is 0 Å². The smallest absolute Gasteiger partial charge is 0.342 e. The van der Waals surface area contributed by atoms with Crippen molar-refractivity contribution in [2.75, 3.05) is 13.1 Å². The second kappa shape index (κ2) is 7.42. The molecule has 0 radical (unpaired) electrons. The molecule has 0 bridgehead atoms. The molecule has 0 N–H and O–H groups in total. The molecule has 1 fully saturated rings. The number of esters is 1. The van der Waals surface area contributed by atoms with Crippen LogP contribution in [0.1, 0.15) is 34.9 Å². The number of halogens is 2. The number of rotatable bonds is 4. The third-order valence-electron chi connectivity index (χ3n) is 4.12. The van der Waals surface area contributed by atoms with Gasteiger partial charge in [0.05, 0.1) is 5.56 Å². The van der Waals surface area contributed by atoms with Crippen LogP contribution in [0.25, 0.3) is 0 Å². The summed E-state index contributed by atoms with van der Waals surface area (Å²) in [6.45, 7) is 1.20. The molecular formula is C19H17F2NO3. The van der Waals surface area contributed by atoms with Crippen LogP contribution >= 0.6 is 0 Å². The van der Waals surface area contributed by atoms with Gasteiger partial charge in [-0.25, -0.2) is 13.6 Å². The van der Waals surface area contributed by atoms with Crippen molar-refractivity contribution in [1.82, 2.24) is 4.90 Å². The predicted octanol–water partition coefficient (Wildman–Crippen LogP) is 3.49. The average molecular weight is 345 g/mol. The van der Waals surface area contributed by atoms with Gasteiger partial charge >= 0.3 is 5.97 Å². The van der Waals surface area contributed by atoms with Crippen LogP contribution in [-0.4, -0.2) is 29.9 Å². The first-order valence-corrected chi connectivity index (χ1v) is 8.06. The fourth-order valence-electron chi connectivity index (χ4n) is 2.82. The van der Waals surface area contributed by atoms with Gasteiger partial charge in [0.1, 0.15) is 11.6 Å². The highest BCUT2D eigenvalue weighted by Crippen LogP contribution is 2.24. The lowest BCUT2D eigenvalue weighted by Crippen LogP contribution is -2.35. The highest BCUT2D eigenvalue weighted by Gasteiger charge is 2.31. The van der Waals surface area contributed by atoms with E-state index in [1.165, 1.54) is 0 Å². The van der Waals surface area contributed by atoms with Crippen molar-refractivity contribution >= 4 is 11.9 Å². The average Bonchev–Trinajstić information content (AvgIpc) is 3.14. The number of likely N-dealkylation sites (tertiary alicyclic amines) is 1. The van der Waals surface area contributed by atoms with Gasteiger partial charge in [-0.3, -0.25) is 4.79 Å². The van der Waals surface area contributed by atoms with Gasteiger partial charge in [0, 0.05) is 24.7 Å². The Hall–Kier alpha value is -2.76. The summed E-state index contributed by atoms with van der Waals surface area (Å²) in [5.41, 5.74) is 0.104. The van der Waals surface area contributed by atoms with Crippen LogP contribution in [0.15, 0.2) is 48.5 Å². The molecule has 0 saturated carbocycles. The molecule has 2 aromatic rings. The van der Waals surface area contributed by atoms with Crippen molar-refractivity contribution in [3.05, 3.63) is 71.3 Å². The van der Waals surface area contributed by atoms with Crippen LogP contribution in [0.2, 0.25) is 0 Å². The van der Waals surface area contributed by atoms with Gasteiger partial charge in [-0.1, -0.05) is 30.3 Å². The minimum absolute atomic E-state index is 0.334. The van der Waals surface area contributed by atoms with Gasteiger partial charge in [-0.15, -0.1) is 0 Å². The fraction of sp³-hybridized carbons (Fsp3) is 0.263. The van der Waals surface area contributed by atoms with E-state index in [-0.39, 0.29) is 5.91 Å². The normalized spacial score (nSPS) is 15.0. The molecule has 1 amide bonds. The third-order valence-corrected chi connectivity index (χ3v) is 4.12. The minimum atomic E-state index is -1.16. The second-order valence-electron chi connectivity index (χ2n) is 5.85. The largest absolute Gasteiger partial charge is 0.444 e. The number of carbonyl (C=O) groups is 2.